The van der Waals surface area contributed by atoms with Crippen LogP contribution in [0.3, 0.4) is 0 Å². The molecule has 2 aromatic rings. The summed E-state index contributed by atoms with van der Waals surface area (Å²) in [7, 11) is 0. The minimum atomic E-state index is -0.801. The van der Waals surface area contributed by atoms with E-state index in [9.17, 15) is 5.11 Å². The van der Waals surface area contributed by atoms with Gasteiger partial charge in [-0.1, -0.05) is 12.1 Å². The summed E-state index contributed by atoms with van der Waals surface area (Å²) in [5.41, 5.74) is 1.68. The number of benzene rings is 1. The van der Waals surface area contributed by atoms with Crippen LogP contribution in [0.25, 0.3) is 10.9 Å². The normalized spacial score (nSPS) is 13.1. The maximum atomic E-state index is 10.3. The third-order valence-corrected chi connectivity index (χ3v) is 2.89. The molecule has 0 amide bonds. The van der Waals surface area contributed by atoms with Crippen molar-refractivity contribution in [3.05, 3.63) is 42.1 Å². The predicted molar refractivity (Wildman–Crippen MR) is 73.7 cm³/mol. The molecular weight excluding hydrogens is 242 g/mol. The molecule has 0 spiro atoms. The molecule has 1 N–H and O–H groups in total. The number of rotatable bonds is 6. The van der Waals surface area contributed by atoms with Crippen molar-refractivity contribution in [1.29, 1.82) is 0 Å². The summed E-state index contributed by atoms with van der Waals surface area (Å²) in [6.07, 6.45) is 0.315. The van der Waals surface area contributed by atoms with Crippen molar-refractivity contribution in [2.24, 2.45) is 0 Å². The lowest BCUT2D eigenvalue weighted by atomic mass is 10.1. The molecule has 0 fully saturated rings. The predicted octanol–water partition coefficient (Wildman–Crippen LogP) is 2.67. The molecule has 1 aromatic heterocycles. The highest BCUT2D eigenvalue weighted by Gasteiger charge is 2.21. The minimum absolute atomic E-state index is 0.497. The average molecular weight is 261 g/mol. The molecule has 102 valence electrons. The van der Waals surface area contributed by atoms with Gasteiger partial charge in [0.15, 0.2) is 6.29 Å². The van der Waals surface area contributed by atoms with E-state index in [0.717, 1.165) is 16.5 Å². The number of aromatic nitrogens is 1. The van der Waals surface area contributed by atoms with Crippen LogP contribution in [0.5, 0.6) is 0 Å². The van der Waals surface area contributed by atoms with Crippen LogP contribution in [-0.2, 0) is 9.47 Å². The molecular formula is C15H19NO3. The fourth-order valence-electron chi connectivity index (χ4n) is 1.99. The fourth-order valence-corrected chi connectivity index (χ4v) is 1.99. The molecule has 1 heterocycles. The second-order valence-electron chi connectivity index (χ2n) is 4.18. The third-order valence-electron chi connectivity index (χ3n) is 2.89. The number of aliphatic hydroxyl groups is 1. The maximum Gasteiger partial charge on any atom is 0.187 e. The first-order chi connectivity index (χ1) is 9.26. The molecule has 19 heavy (non-hydrogen) atoms. The lowest BCUT2D eigenvalue weighted by Gasteiger charge is -2.23. The number of fused-ring (bicyclic) bond motifs is 1. The molecule has 4 heteroatoms. The molecule has 0 bridgehead atoms. The van der Waals surface area contributed by atoms with Crippen molar-refractivity contribution in [2.45, 2.75) is 26.2 Å². The van der Waals surface area contributed by atoms with E-state index in [0.29, 0.717) is 13.2 Å². The number of nitrogens with zero attached hydrogens (tertiary/aromatic N) is 1. The van der Waals surface area contributed by atoms with Crippen LogP contribution < -0.4 is 0 Å². The van der Waals surface area contributed by atoms with Gasteiger partial charge >= 0.3 is 0 Å². The highest BCUT2D eigenvalue weighted by atomic mass is 16.7. The zero-order valence-electron chi connectivity index (χ0n) is 11.2. The Bertz CT molecular complexity index is 524. The third kappa shape index (κ3) is 3.29. The highest BCUT2D eigenvalue weighted by Crippen LogP contribution is 2.23. The molecule has 0 saturated heterocycles. The van der Waals surface area contributed by atoms with E-state index in [1.807, 2.05) is 44.2 Å². The molecule has 0 radical (unpaired) electrons. The highest BCUT2D eigenvalue weighted by molar-refractivity contribution is 5.79. The maximum absolute atomic E-state index is 10.3. The van der Waals surface area contributed by atoms with Gasteiger partial charge in [-0.3, -0.25) is 4.98 Å². The van der Waals surface area contributed by atoms with Crippen LogP contribution in [0.4, 0.5) is 0 Å². The fraction of sp³-hybridized carbons (Fsp3) is 0.400. The summed E-state index contributed by atoms with van der Waals surface area (Å²) in [6, 6.07) is 9.50. The van der Waals surface area contributed by atoms with Crippen molar-refractivity contribution >= 4 is 10.9 Å². The van der Waals surface area contributed by atoms with Gasteiger partial charge in [-0.25, -0.2) is 0 Å². The molecule has 1 unspecified atom stereocenters. The minimum Gasteiger partial charge on any atom is -0.383 e. The molecule has 1 aromatic carbocycles. The first-order valence-electron chi connectivity index (χ1n) is 6.52. The SMILES string of the molecule is CCOC(OCC)C(O)c1ccc2ncccc2c1. The molecule has 1 atom stereocenters. The zero-order valence-corrected chi connectivity index (χ0v) is 11.2. The van der Waals surface area contributed by atoms with Crippen molar-refractivity contribution in [3.8, 4) is 0 Å². The van der Waals surface area contributed by atoms with E-state index in [1.54, 1.807) is 6.20 Å². The van der Waals surface area contributed by atoms with Gasteiger partial charge in [-0.05, 0) is 37.6 Å². The number of aliphatic hydroxyl groups excluding tert-OH is 1. The number of ether oxygens (including phenoxy) is 2. The van der Waals surface area contributed by atoms with Gasteiger partial charge in [-0.15, -0.1) is 0 Å². The van der Waals surface area contributed by atoms with Crippen molar-refractivity contribution in [1.82, 2.24) is 4.98 Å². The summed E-state index contributed by atoms with van der Waals surface area (Å²) in [4.78, 5) is 4.26. The lowest BCUT2D eigenvalue weighted by molar-refractivity contribution is -0.191. The smallest absolute Gasteiger partial charge is 0.187 e. The van der Waals surface area contributed by atoms with Gasteiger partial charge in [0.1, 0.15) is 6.10 Å². The van der Waals surface area contributed by atoms with Crippen LogP contribution in [0.2, 0.25) is 0 Å². The standard InChI is InChI=1S/C15H19NO3/c1-3-18-15(19-4-2)14(17)12-7-8-13-11(10-12)6-5-9-16-13/h5-10,14-15,17H,3-4H2,1-2H3. The molecule has 4 nitrogen and oxygen atoms in total. The Balaban J connectivity index is 2.26. The van der Waals surface area contributed by atoms with Crippen LogP contribution in [0.15, 0.2) is 36.5 Å². The van der Waals surface area contributed by atoms with Crippen LogP contribution >= 0.6 is 0 Å². The van der Waals surface area contributed by atoms with Gasteiger partial charge in [0.25, 0.3) is 0 Å². The second kappa shape index (κ2) is 6.61. The van der Waals surface area contributed by atoms with Crippen LogP contribution in [0.1, 0.15) is 25.5 Å². The first kappa shape index (κ1) is 13.9. The van der Waals surface area contributed by atoms with E-state index < -0.39 is 12.4 Å². The van der Waals surface area contributed by atoms with Crippen molar-refractivity contribution < 1.29 is 14.6 Å². The van der Waals surface area contributed by atoms with Gasteiger partial charge < -0.3 is 14.6 Å². The van der Waals surface area contributed by atoms with E-state index >= 15 is 0 Å². The number of hydrogen-bond donors (Lipinski definition) is 1. The summed E-state index contributed by atoms with van der Waals surface area (Å²) < 4.78 is 10.8. The average Bonchev–Trinajstić information content (AvgIpc) is 2.46. The van der Waals surface area contributed by atoms with Gasteiger partial charge in [-0.2, -0.15) is 0 Å². The Morgan fingerprint density at radius 1 is 1.16 bits per heavy atom. The summed E-state index contributed by atoms with van der Waals surface area (Å²) >= 11 is 0. The summed E-state index contributed by atoms with van der Waals surface area (Å²) in [6.45, 7) is 4.75. The first-order valence-corrected chi connectivity index (χ1v) is 6.52. The largest absolute Gasteiger partial charge is 0.383 e. The number of hydrogen-bond acceptors (Lipinski definition) is 4. The molecule has 0 saturated carbocycles. The van der Waals surface area contributed by atoms with Crippen LogP contribution in [-0.4, -0.2) is 29.6 Å². The Hall–Kier alpha value is -1.49. The Morgan fingerprint density at radius 2 is 1.89 bits per heavy atom. The Labute approximate surface area is 113 Å². The molecule has 2 rings (SSSR count). The lowest BCUT2D eigenvalue weighted by Crippen LogP contribution is -2.25. The van der Waals surface area contributed by atoms with Gasteiger partial charge in [0, 0.05) is 24.8 Å². The topological polar surface area (TPSA) is 51.6 Å². The monoisotopic (exact) mass is 261 g/mol. The van der Waals surface area contributed by atoms with E-state index in [1.165, 1.54) is 0 Å². The van der Waals surface area contributed by atoms with Gasteiger partial charge in [0.05, 0.1) is 5.52 Å². The molecule has 0 aliphatic heterocycles. The van der Waals surface area contributed by atoms with E-state index in [2.05, 4.69) is 4.98 Å². The second-order valence-corrected chi connectivity index (χ2v) is 4.18. The summed E-state index contributed by atoms with van der Waals surface area (Å²) in [5, 5.41) is 11.3. The van der Waals surface area contributed by atoms with Crippen molar-refractivity contribution in [3.63, 3.8) is 0 Å². The Morgan fingerprint density at radius 3 is 2.58 bits per heavy atom. The van der Waals surface area contributed by atoms with Gasteiger partial charge in [0.2, 0.25) is 0 Å². The molecule has 0 aliphatic rings. The van der Waals surface area contributed by atoms with E-state index in [4.69, 9.17) is 9.47 Å². The molecule has 0 aliphatic carbocycles. The summed E-state index contributed by atoms with van der Waals surface area (Å²) in [5.74, 6) is 0. The van der Waals surface area contributed by atoms with Crippen molar-refractivity contribution in [2.75, 3.05) is 13.2 Å². The zero-order chi connectivity index (χ0) is 13.7. The quantitative estimate of drug-likeness (QED) is 0.812. The van der Waals surface area contributed by atoms with E-state index in [-0.39, 0.29) is 0 Å². The Kier molecular flexibility index (Phi) is 4.85. The van der Waals surface area contributed by atoms with Crippen LogP contribution in [0, 0.1) is 0 Å². The number of pyridine rings is 1.